The Morgan fingerprint density at radius 1 is 1.00 bits per heavy atom. The molecule has 0 aromatic heterocycles. The number of carbonyl (C=O) groups excluding carboxylic acids is 2. The van der Waals surface area contributed by atoms with Crippen LogP contribution in [0.25, 0.3) is 0 Å². The third-order valence-corrected chi connectivity index (χ3v) is 5.13. The molecule has 0 spiro atoms. The summed E-state index contributed by atoms with van der Waals surface area (Å²) < 4.78 is 0. The Bertz CT molecular complexity index is 589. The molecule has 0 radical (unpaired) electrons. The average molecular weight is 301 g/mol. The minimum atomic E-state index is -0.174. The Labute approximate surface area is 132 Å². The van der Waals surface area contributed by atoms with Gasteiger partial charge in [0.15, 0.2) is 6.04 Å². The van der Waals surface area contributed by atoms with Crippen LogP contribution in [0.5, 0.6) is 0 Å². The lowest BCUT2D eigenvalue weighted by atomic mass is 10.1. The SMILES string of the molecule is Cc1ccc(N2C(=O)C[C@@H]([NH+]3CCCCCC3)C2=O)cc1C. The zero-order chi connectivity index (χ0) is 15.7. The van der Waals surface area contributed by atoms with E-state index in [1.165, 1.54) is 28.2 Å². The molecule has 1 atom stereocenters. The van der Waals surface area contributed by atoms with Crippen LogP contribution < -0.4 is 9.80 Å². The van der Waals surface area contributed by atoms with Crippen LogP contribution in [0.15, 0.2) is 18.2 Å². The molecule has 1 N–H and O–H groups in total. The minimum absolute atomic E-state index is 0.00912. The molecule has 2 aliphatic heterocycles. The molecule has 2 amide bonds. The maximum absolute atomic E-state index is 12.8. The van der Waals surface area contributed by atoms with Gasteiger partial charge in [-0.2, -0.15) is 0 Å². The lowest BCUT2D eigenvalue weighted by Gasteiger charge is -2.22. The quantitative estimate of drug-likeness (QED) is 0.839. The summed E-state index contributed by atoms with van der Waals surface area (Å²) in [6, 6.07) is 5.65. The van der Waals surface area contributed by atoms with E-state index < -0.39 is 0 Å². The number of anilines is 1. The third kappa shape index (κ3) is 2.80. The highest BCUT2D eigenvalue weighted by molar-refractivity contribution is 6.21. The number of imide groups is 1. The number of hydrogen-bond donors (Lipinski definition) is 1. The number of aryl methyl sites for hydroxylation is 2. The Hall–Kier alpha value is -1.68. The second-order valence-electron chi connectivity index (χ2n) is 6.67. The van der Waals surface area contributed by atoms with Crippen LogP contribution in [-0.4, -0.2) is 30.9 Å². The standard InChI is InChI=1S/C18H24N2O2/c1-13-7-8-15(11-14(13)2)20-17(21)12-16(18(20)22)19-9-5-3-4-6-10-19/h7-8,11,16H,3-6,9-10,12H2,1-2H3/p+1/t16-/m1/s1. The molecule has 0 bridgehead atoms. The Kier molecular flexibility index (Phi) is 4.30. The van der Waals surface area contributed by atoms with Crippen molar-refractivity contribution in [1.29, 1.82) is 0 Å². The molecule has 2 fully saturated rings. The van der Waals surface area contributed by atoms with E-state index in [4.69, 9.17) is 0 Å². The maximum atomic E-state index is 12.8. The van der Waals surface area contributed by atoms with Crippen molar-refractivity contribution in [3.05, 3.63) is 29.3 Å². The number of quaternary nitrogens is 1. The number of nitrogens with one attached hydrogen (secondary N) is 1. The average Bonchev–Trinajstić information content (AvgIpc) is 2.70. The molecular weight excluding hydrogens is 276 g/mol. The predicted molar refractivity (Wildman–Crippen MR) is 86.0 cm³/mol. The number of nitrogens with zero attached hydrogens (tertiary/aromatic N) is 1. The summed E-state index contributed by atoms with van der Waals surface area (Å²) in [6.45, 7) is 6.09. The fourth-order valence-electron chi connectivity index (χ4n) is 3.62. The number of carbonyl (C=O) groups is 2. The summed E-state index contributed by atoms with van der Waals surface area (Å²) in [5.41, 5.74) is 3.02. The van der Waals surface area contributed by atoms with Gasteiger partial charge < -0.3 is 4.90 Å². The van der Waals surface area contributed by atoms with E-state index >= 15 is 0 Å². The molecule has 1 aromatic carbocycles. The van der Waals surface area contributed by atoms with Crippen molar-refractivity contribution in [2.24, 2.45) is 0 Å². The first-order valence-corrected chi connectivity index (χ1v) is 8.36. The highest BCUT2D eigenvalue weighted by Gasteiger charge is 2.45. The topological polar surface area (TPSA) is 41.8 Å². The van der Waals surface area contributed by atoms with Gasteiger partial charge in [0.25, 0.3) is 5.91 Å². The van der Waals surface area contributed by atoms with Gasteiger partial charge in [-0.05, 0) is 62.8 Å². The molecule has 118 valence electrons. The zero-order valence-electron chi connectivity index (χ0n) is 13.5. The van der Waals surface area contributed by atoms with Crippen molar-refractivity contribution < 1.29 is 14.5 Å². The van der Waals surface area contributed by atoms with Gasteiger partial charge in [-0.3, -0.25) is 9.59 Å². The molecule has 2 heterocycles. The maximum Gasteiger partial charge on any atom is 0.292 e. The van der Waals surface area contributed by atoms with Gasteiger partial charge in [-0.15, -0.1) is 0 Å². The van der Waals surface area contributed by atoms with E-state index in [0.717, 1.165) is 37.2 Å². The van der Waals surface area contributed by atoms with Gasteiger partial charge in [0.05, 0.1) is 25.2 Å². The van der Waals surface area contributed by atoms with Crippen molar-refractivity contribution >= 4 is 17.5 Å². The number of hydrogen-bond acceptors (Lipinski definition) is 2. The van der Waals surface area contributed by atoms with Crippen LogP contribution in [0, 0.1) is 13.8 Å². The second-order valence-corrected chi connectivity index (χ2v) is 6.67. The van der Waals surface area contributed by atoms with Crippen LogP contribution in [0.4, 0.5) is 5.69 Å². The molecule has 3 rings (SSSR count). The lowest BCUT2D eigenvalue weighted by molar-refractivity contribution is -0.914. The van der Waals surface area contributed by atoms with Gasteiger partial charge in [0.1, 0.15) is 0 Å². The van der Waals surface area contributed by atoms with Crippen molar-refractivity contribution in [3.8, 4) is 0 Å². The largest absolute Gasteiger partial charge is 0.324 e. The molecule has 4 nitrogen and oxygen atoms in total. The number of rotatable bonds is 2. The highest BCUT2D eigenvalue weighted by atomic mass is 16.2. The molecule has 0 unspecified atom stereocenters. The number of benzene rings is 1. The van der Waals surface area contributed by atoms with Gasteiger partial charge in [-0.25, -0.2) is 4.90 Å². The van der Waals surface area contributed by atoms with Crippen molar-refractivity contribution in [2.75, 3.05) is 18.0 Å². The summed E-state index contributed by atoms with van der Waals surface area (Å²) in [5, 5.41) is 0. The predicted octanol–water partition coefficient (Wildman–Crippen LogP) is 1.39. The van der Waals surface area contributed by atoms with E-state index in [0.29, 0.717) is 6.42 Å². The molecule has 1 aromatic rings. The molecule has 0 aliphatic carbocycles. The van der Waals surface area contributed by atoms with Gasteiger partial charge >= 0.3 is 0 Å². The van der Waals surface area contributed by atoms with Crippen molar-refractivity contribution in [3.63, 3.8) is 0 Å². The summed E-state index contributed by atoms with van der Waals surface area (Å²) in [5.74, 6) is -0.0554. The van der Waals surface area contributed by atoms with E-state index in [2.05, 4.69) is 0 Å². The second kappa shape index (κ2) is 6.21. The van der Waals surface area contributed by atoms with Crippen LogP contribution >= 0.6 is 0 Å². The van der Waals surface area contributed by atoms with Crippen molar-refractivity contribution in [1.82, 2.24) is 0 Å². The van der Waals surface area contributed by atoms with Crippen LogP contribution in [-0.2, 0) is 9.59 Å². The van der Waals surface area contributed by atoms with E-state index in [9.17, 15) is 9.59 Å². The Morgan fingerprint density at radius 2 is 1.68 bits per heavy atom. The first kappa shape index (κ1) is 15.2. The van der Waals surface area contributed by atoms with Crippen LogP contribution in [0.3, 0.4) is 0 Å². The molecule has 2 aliphatic rings. The third-order valence-electron chi connectivity index (χ3n) is 5.13. The highest BCUT2D eigenvalue weighted by Crippen LogP contribution is 2.24. The Balaban J connectivity index is 1.83. The first-order valence-electron chi connectivity index (χ1n) is 8.36. The van der Waals surface area contributed by atoms with Gasteiger partial charge in [0.2, 0.25) is 5.91 Å². The summed E-state index contributed by atoms with van der Waals surface area (Å²) in [6.07, 6.45) is 5.19. The lowest BCUT2D eigenvalue weighted by Crippen LogP contribution is -3.16. The molecule has 22 heavy (non-hydrogen) atoms. The van der Waals surface area contributed by atoms with E-state index in [1.807, 2.05) is 32.0 Å². The van der Waals surface area contributed by atoms with Gasteiger partial charge in [0, 0.05) is 0 Å². The first-order chi connectivity index (χ1) is 10.6. The van der Waals surface area contributed by atoms with Crippen molar-refractivity contribution in [2.45, 2.75) is 52.0 Å². The molecular formula is C18H25N2O2+. The summed E-state index contributed by atoms with van der Waals surface area (Å²) >= 11 is 0. The number of likely N-dealkylation sites (tertiary alicyclic amines) is 1. The van der Waals surface area contributed by atoms with Crippen LogP contribution in [0.2, 0.25) is 0 Å². The monoisotopic (exact) mass is 301 g/mol. The smallest absolute Gasteiger partial charge is 0.292 e. The minimum Gasteiger partial charge on any atom is -0.324 e. The fraction of sp³-hybridized carbons (Fsp3) is 0.556. The summed E-state index contributed by atoms with van der Waals surface area (Å²) in [4.78, 5) is 27.9. The molecule has 4 heteroatoms. The van der Waals surface area contributed by atoms with E-state index in [-0.39, 0.29) is 17.9 Å². The zero-order valence-corrected chi connectivity index (χ0v) is 13.5. The molecule has 2 saturated heterocycles. The van der Waals surface area contributed by atoms with E-state index in [1.54, 1.807) is 0 Å². The van der Waals surface area contributed by atoms with Crippen LogP contribution in [0.1, 0.15) is 43.2 Å². The molecule has 0 saturated carbocycles. The van der Waals surface area contributed by atoms with Gasteiger partial charge in [-0.1, -0.05) is 6.07 Å². The fourth-order valence-corrected chi connectivity index (χ4v) is 3.62. The Morgan fingerprint density at radius 3 is 2.32 bits per heavy atom. The number of amides is 2. The summed E-state index contributed by atoms with van der Waals surface area (Å²) in [7, 11) is 0. The normalized spacial score (nSPS) is 23.9.